The van der Waals surface area contributed by atoms with Gasteiger partial charge in [0.15, 0.2) is 0 Å². The Morgan fingerprint density at radius 3 is 2.81 bits per heavy atom. The monoisotopic (exact) mass is 310 g/mol. The molecule has 4 nitrogen and oxygen atoms in total. The Hall–Kier alpha value is -0.910. The Morgan fingerprint density at radius 1 is 1.38 bits per heavy atom. The van der Waals surface area contributed by atoms with Crippen molar-refractivity contribution in [1.82, 2.24) is 10.2 Å². The van der Waals surface area contributed by atoms with Gasteiger partial charge in [-0.2, -0.15) is 0 Å². The molecule has 2 rings (SSSR count). The van der Waals surface area contributed by atoms with Crippen LogP contribution in [0.4, 0.5) is 0 Å². The van der Waals surface area contributed by atoms with E-state index in [2.05, 4.69) is 17.3 Å². The SMILES string of the molecule is CN(CCCNCc1ccc(C(=O)O)s1)C1CCCCC1. The summed E-state index contributed by atoms with van der Waals surface area (Å²) in [6.07, 6.45) is 8.04. The second-order valence-electron chi connectivity index (χ2n) is 5.87. The van der Waals surface area contributed by atoms with E-state index in [-0.39, 0.29) is 0 Å². The molecule has 1 fully saturated rings. The second-order valence-corrected chi connectivity index (χ2v) is 7.04. The first kappa shape index (κ1) is 16.5. The van der Waals surface area contributed by atoms with Gasteiger partial charge in [-0.1, -0.05) is 19.3 Å². The molecule has 1 heterocycles. The number of aromatic carboxylic acids is 1. The largest absolute Gasteiger partial charge is 0.477 e. The van der Waals surface area contributed by atoms with E-state index in [4.69, 9.17) is 5.11 Å². The highest BCUT2D eigenvalue weighted by molar-refractivity contribution is 7.13. The fourth-order valence-electron chi connectivity index (χ4n) is 2.96. The zero-order chi connectivity index (χ0) is 15.1. The lowest BCUT2D eigenvalue weighted by molar-refractivity contribution is 0.0702. The van der Waals surface area contributed by atoms with Crippen LogP contribution in [0.1, 0.15) is 53.1 Å². The first-order chi connectivity index (χ1) is 10.2. The molecule has 0 saturated heterocycles. The smallest absolute Gasteiger partial charge is 0.345 e. The molecule has 1 aliphatic rings. The van der Waals surface area contributed by atoms with Crippen LogP contribution in [0.3, 0.4) is 0 Å². The van der Waals surface area contributed by atoms with Crippen molar-refractivity contribution in [2.75, 3.05) is 20.1 Å². The highest BCUT2D eigenvalue weighted by atomic mass is 32.1. The fourth-order valence-corrected chi connectivity index (χ4v) is 3.77. The molecule has 1 aliphatic carbocycles. The topological polar surface area (TPSA) is 52.6 Å². The first-order valence-corrected chi connectivity index (χ1v) is 8.71. The zero-order valence-electron chi connectivity index (χ0n) is 12.8. The summed E-state index contributed by atoms with van der Waals surface area (Å²) in [6, 6.07) is 4.37. The predicted octanol–water partition coefficient (Wildman–Crippen LogP) is 3.19. The van der Waals surface area contributed by atoms with Crippen molar-refractivity contribution in [2.24, 2.45) is 0 Å². The van der Waals surface area contributed by atoms with Gasteiger partial charge in [0.05, 0.1) is 0 Å². The van der Waals surface area contributed by atoms with Crippen molar-refractivity contribution in [3.63, 3.8) is 0 Å². The van der Waals surface area contributed by atoms with Gasteiger partial charge in [-0.15, -0.1) is 11.3 Å². The molecule has 21 heavy (non-hydrogen) atoms. The average Bonchev–Trinajstić information content (AvgIpc) is 2.97. The summed E-state index contributed by atoms with van der Waals surface area (Å²) in [5.74, 6) is -0.833. The van der Waals surface area contributed by atoms with E-state index in [1.807, 2.05) is 6.07 Å². The average molecular weight is 310 g/mol. The number of hydrogen-bond donors (Lipinski definition) is 2. The van der Waals surface area contributed by atoms with E-state index in [1.165, 1.54) is 43.4 Å². The molecule has 0 aliphatic heterocycles. The van der Waals surface area contributed by atoms with Crippen molar-refractivity contribution in [2.45, 2.75) is 51.1 Å². The quantitative estimate of drug-likeness (QED) is 0.724. The molecule has 0 amide bonds. The van der Waals surface area contributed by atoms with Gasteiger partial charge in [0, 0.05) is 17.5 Å². The summed E-state index contributed by atoms with van der Waals surface area (Å²) in [5.41, 5.74) is 0. The maximum Gasteiger partial charge on any atom is 0.345 e. The van der Waals surface area contributed by atoms with Crippen LogP contribution in [0.2, 0.25) is 0 Å². The van der Waals surface area contributed by atoms with Crippen LogP contribution in [-0.4, -0.2) is 42.2 Å². The molecule has 0 bridgehead atoms. The molecule has 1 aromatic heterocycles. The van der Waals surface area contributed by atoms with E-state index < -0.39 is 5.97 Å². The number of rotatable bonds is 8. The van der Waals surface area contributed by atoms with E-state index in [9.17, 15) is 4.79 Å². The number of nitrogens with zero attached hydrogens (tertiary/aromatic N) is 1. The standard InChI is InChI=1S/C16H26N2O2S/c1-18(13-6-3-2-4-7-13)11-5-10-17-12-14-8-9-15(21-14)16(19)20/h8-9,13,17H,2-7,10-12H2,1H3,(H,19,20). The summed E-state index contributed by atoms with van der Waals surface area (Å²) >= 11 is 1.36. The van der Waals surface area contributed by atoms with E-state index in [0.717, 1.165) is 37.0 Å². The Labute approximate surface area is 131 Å². The number of nitrogens with one attached hydrogen (secondary N) is 1. The van der Waals surface area contributed by atoms with E-state index >= 15 is 0 Å². The number of carboxylic acids is 1. The Kier molecular flexibility index (Phi) is 6.67. The van der Waals surface area contributed by atoms with Crippen LogP contribution < -0.4 is 5.32 Å². The fraction of sp³-hybridized carbons (Fsp3) is 0.688. The molecule has 118 valence electrons. The molecule has 0 atom stereocenters. The van der Waals surface area contributed by atoms with Gasteiger partial charge >= 0.3 is 5.97 Å². The summed E-state index contributed by atoms with van der Waals surface area (Å²) in [6.45, 7) is 2.89. The third-order valence-electron chi connectivity index (χ3n) is 4.23. The lowest BCUT2D eigenvalue weighted by Gasteiger charge is -2.31. The van der Waals surface area contributed by atoms with Crippen LogP contribution in [0.25, 0.3) is 0 Å². The van der Waals surface area contributed by atoms with Gasteiger partial charge in [-0.05, 0) is 51.5 Å². The molecule has 1 aromatic rings. The van der Waals surface area contributed by atoms with Crippen molar-refractivity contribution >= 4 is 17.3 Å². The molecule has 0 spiro atoms. The van der Waals surface area contributed by atoms with Gasteiger partial charge in [0.2, 0.25) is 0 Å². The van der Waals surface area contributed by atoms with Crippen molar-refractivity contribution in [3.8, 4) is 0 Å². The maximum absolute atomic E-state index is 10.8. The molecule has 1 saturated carbocycles. The molecular formula is C16H26N2O2S. The highest BCUT2D eigenvalue weighted by Crippen LogP contribution is 2.21. The number of hydrogen-bond acceptors (Lipinski definition) is 4. The van der Waals surface area contributed by atoms with Crippen LogP contribution in [-0.2, 0) is 6.54 Å². The highest BCUT2D eigenvalue weighted by Gasteiger charge is 2.17. The molecule has 5 heteroatoms. The molecule has 0 radical (unpaired) electrons. The first-order valence-electron chi connectivity index (χ1n) is 7.90. The summed E-state index contributed by atoms with van der Waals surface area (Å²) < 4.78 is 0. The van der Waals surface area contributed by atoms with Crippen molar-refractivity contribution < 1.29 is 9.90 Å². The summed E-state index contributed by atoms with van der Waals surface area (Å²) in [5, 5.41) is 12.3. The van der Waals surface area contributed by atoms with Crippen LogP contribution in [0.15, 0.2) is 12.1 Å². The third kappa shape index (κ3) is 5.41. The Balaban J connectivity index is 1.57. The number of carbonyl (C=O) groups is 1. The van der Waals surface area contributed by atoms with Crippen LogP contribution in [0.5, 0.6) is 0 Å². The van der Waals surface area contributed by atoms with E-state index in [0.29, 0.717) is 4.88 Å². The van der Waals surface area contributed by atoms with Gasteiger partial charge in [0.25, 0.3) is 0 Å². The summed E-state index contributed by atoms with van der Waals surface area (Å²) in [4.78, 5) is 14.8. The minimum atomic E-state index is -0.833. The van der Waals surface area contributed by atoms with Crippen LogP contribution >= 0.6 is 11.3 Å². The van der Waals surface area contributed by atoms with Gasteiger partial charge in [0.1, 0.15) is 4.88 Å². The second kappa shape index (κ2) is 8.51. The Morgan fingerprint density at radius 2 is 2.14 bits per heavy atom. The number of thiophene rings is 1. The van der Waals surface area contributed by atoms with E-state index in [1.54, 1.807) is 6.07 Å². The number of carboxylic acid groups (broad SMARTS) is 1. The minimum absolute atomic E-state index is 0.420. The lowest BCUT2D eigenvalue weighted by atomic mass is 9.94. The minimum Gasteiger partial charge on any atom is -0.477 e. The summed E-state index contributed by atoms with van der Waals surface area (Å²) in [7, 11) is 2.24. The molecule has 0 aromatic carbocycles. The Bertz CT molecular complexity index is 441. The van der Waals surface area contributed by atoms with Gasteiger partial charge in [-0.3, -0.25) is 0 Å². The lowest BCUT2D eigenvalue weighted by Crippen LogP contribution is -2.35. The molecule has 0 unspecified atom stereocenters. The van der Waals surface area contributed by atoms with Gasteiger partial charge < -0.3 is 15.3 Å². The maximum atomic E-state index is 10.8. The van der Waals surface area contributed by atoms with Crippen molar-refractivity contribution in [3.05, 3.63) is 21.9 Å². The molecular weight excluding hydrogens is 284 g/mol. The normalized spacial score (nSPS) is 16.5. The third-order valence-corrected chi connectivity index (χ3v) is 5.31. The molecule has 2 N–H and O–H groups in total. The zero-order valence-corrected chi connectivity index (χ0v) is 13.6. The van der Waals surface area contributed by atoms with Gasteiger partial charge in [-0.25, -0.2) is 4.79 Å². The predicted molar refractivity (Wildman–Crippen MR) is 87.1 cm³/mol. The van der Waals surface area contributed by atoms with Crippen molar-refractivity contribution in [1.29, 1.82) is 0 Å². The van der Waals surface area contributed by atoms with Crippen LogP contribution in [0, 0.1) is 0 Å².